The molecule has 1 aliphatic rings. The molecule has 5 heteroatoms. The summed E-state index contributed by atoms with van der Waals surface area (Å²) in [5, 5.41) is 3.30. The summed E-state index contributed by atoms with van der Waals surface area (Å²) in [5.74, 6) is -4.12. The lowest BCUT2D eigenvalue weighted by molar-refractivity contribution is -0.0494. The second-order valence-electron chi connectivity index (χ2n) is 5.81. The number of likely N-dealkylation sites (N-methyl/N-ethyl adjacent to an activating group) is 1. The maximum atomic E-state index is 13.3. The summed E-state index contributed by atoms with van der Waals surface area (Å²) >= 11 is 0. The molecule has 1 unspecified atom stereocenters. The lowest BCUT2D eigenvalue weighted by atomic mass is 9.80. The Morgan fingerprint density at radius 1 is 1.19 bits per heavy atom. The molecule has 1 aliphatic carbocycles. The van der Waals surface area contributed by atoms with Gasteiger partial charge in [0.25, 0.3) is 0 Å². The molecule has 1 saturated carbocycles. The molecule has 1 fully saturated rings. The topological polar surface area (TPSA) is 12.0 Å². The van der Waals surface area contributed by atoms with Gasteiger partial charge in [-0.15, -0.1) is 0 Å². The van der Waals surface area contributed by atoms with Crippen LogP contribution in [0.2, 0.25) is 0 Å². The summed E-state index contributed by atoms with van der Waals surface area (Å²) in [5.41, 5.74) is 0.692. The Bertz CT molecular complexity index is 465. The van der Waals surface area contributed by atoms with Crippen molar-refractivity contribution in [2.24, 2.45) is 5.92 Å². The molecule has 0 bridgehead atoms. The minimum Gasteiger partial charge on any atom is -0.314 e. The fraction of sp³-hybridized carbons (Fsp3) is 0.625. The standard InChI is InChI=1S/C16H21F4N/c1-2-21-15(12-5-7-16(19,20)8-6-12)10-11-3-4-13(17)14(18)9-11/h3-4,9,12,15,21H,2,5-8,10H2,1H3. The van der Waals surface area contributed by atoms with Crippen molar-refractivity contribution in [3.8, 4) is 0 Å². The molecular weight excluding hydrogens is 282 g/mol. The highest BCUT2D eigenvalue weighted by atomic mass is 19.3. The molecule has 1 aromatic carbocycles. The third kappa shape index (κ3) is 4.43. The Morgan fingerprint density at radius 2 is 1.86 bits per heavy atom. The molecule has 0 heterocycles. The number of rotatable bonds is 5. The Kier molecular flexibility index (Phi) is 5.25. The number of alkyl halides is 2. The zero-order chi connectivity index (χ0) is 15.5. The number of nitrogens with one attached hydrogen (secondary N) is 1. The van der Waals surface area contributed by atoms with E-state index in [1.807, 2.05) is 6.92 Å². The molecular formula is C16H21F4N. The predicted octanol–water partition coefficient (Wildman–Crippen LogP) is 4.31. The molecule has 118 valence electrons. The van der Waals surface area contributed by atoms with Gasteiger partial charge < -0.3 is 5.32 Å². The Balaban J connectivity index is 2.03. The van der Waals surface area contributed by atoms with Crippen molar-refractivity contribution in [3.05, 3.63) is 35.4 Å². The van der Waals surface area contributed by atoms with Gasteiger partial charge in [0.2, 0.25) is 5.92 Å². The minimum atomic E-state index is -2.55. The molecule has 0 radical (unpaired) electrons. The van der Waals surface area contributed by atoms with Crippen LogP contribution in [0.3, 0.4) is 0 Å². The lowest BCUT2D eigenvalue weighted by Gasteiger charge is -2.34. The normalized spacial score (nSPS) is 20.4. The van der Waals surface area contributed by atoms with Gasteiger partial charge in [-0.3, -0.25) is 0 Å². The first-order valence-corrected chi connectivity index (χ1v) is 7.46. The highest BCUT2D eigenvalue weighted by molar-refractivity contribution is 5.19. The van der Waals surface area contributed by atoms with Crippen LogP contribution in [0.4, 0.5) is 17.6 Å². The molecule has 0 aliphatic heterocycles. The summed E-state index contributed by atoms with van der Waals surface area (Å²) < 4.78 is 52.7. The molecule has 1 aromatic rings. The maximum absolute atomic E-state index is 13.3. The van der Waals surface area contributed by atoms with Gasteiger partial charge in [-0.05, 0) is 49.4 Å². The second-order valence-corrected chi connectivity index (χ2v) is 5.81. The largest absolute Gasteiger partial charge is 0.314 e. The Morgan fingerprint density at radius 3 is 2.43 bits per heavy atom. The van der Waals surface area contributed by atoms with Gasteiger partial charge in [0.05, 0.1) is 0 Å². The fourth-order valence-corrected chi connectivity index (χ4v) is 3.05. The number of hydrogen-bond acceptors (Lipinski definition) is 1. The van der Waals surface area contributed by atoms with Gasteiger partial charge in [0.15, 0.2) is 11.6 Å². The SMILES string of the molecule is CCNC(Cc1ccc(F)c(F)c1)C1CCC(F)(F)CC1. The summed E-state index contributed by atoms with van der Waals surface area (Å²) in [6, 6.07) is 3.89. The van der Waals surface area contributed by atoms with Crippen LogP contribution in [0.25, 0.3) is 0 Å². The van der Waals surface area contributed by atoms with E-state index in [1.54, 1.807) is 6.07 Å². The highest BCUT2D eigenvalue weighted by Gasteiger charge is 2.37. The van der Waals surface area contributed by atoms with E-state index >= 15 is 0 Å². The van der Waals surface area contributed by atoms with E-state index < -0.39 is 17.6 Å². The van der Waals surface area contributed by atoms with Crippen LogP contribution in [0, 0.1) is 17.6 Å². The van der Waals surface area contributed by atoms with Gasteiger partial charge in [0.1, 0.15) is 0 Å². The summed E-state index contributed by atoms with van der Waals surface area (Å²) in [4.78, 5) is 0. The van der Waals surface area contributed by atoms with Gasteiger partial charge >= 0.3 is 0 Å². The molecule has 1 atom stereocenters. The van der Waals surface area contributed by atoms with E-state index in [2.05, 4.69) is 5.32 Å². The van der Waals surface area contributed by atoms with Crippen LogP contribution in [-0.4, -0.2) is 18.5 Å². The minimum absolute atomic E-state index is 0.0240. The number of hydrogen-bond donors (Lipinski definition) is 1. The van der Waals surface area contributed by atoms with E-state index in [9.17, 15) is 17.6 Å². The maximum Gasteiger partial charge on any atom is 0.248 e. The zero-order valence-electron chi connectivity index (χ0n) is 12.1. The van der Waals surface area contributed by atoms with E-state index in [0.717, 1.165) is 12.6 Å². The molecule has 0 saturated heterocycles. The van der Waals surface area contributed by atoms with E-state index in [0.29, 0.717) is 24.8 Å². The summed E-state index contributed by atoms with van der Waals surface area (Å²) in [7, 11) is 0. The van der Waals surface area contributed by atoms with Crippen molar-refractivity contribution in [3.63, 3.8) is 0 Å². The number of halogens is 4. The van der Waals surface area contributed by atoms with Gasteiger partial charge in [-0.1, -0.05) is 13.0 Å². The third-order valence-corrected chi connectivity index (χ3v) is 4.24. The van der Waals surface area contributed by atoms with E-state index in [-0.39, 0.29) is 24.8 Å². The lowest BCUT2D eigenvalue weighted by Crippen LogP contribution is -2.41. The van der Waals surface area contributed by atoms with Gasteiger partial charge in [-0.2, -0.15) is 0 Å². The average molecular weight is 303 g/mol. The third-order valence-electron chi connectivity index (χ3n) is 4.24. The Labute approximate surface area is 122 Å². The summed E-state index contributed by atoms with van der Waals surface area (Å²) in [6.45, 7) is 2.68. The van der Waals surface area contributed by atoms with Crippen molar-refractivity contribution in [1.29, 1.82) is 0 Å². The number of benzene rings is 1. The average Bonchev–Trinajstić information content (AvgIpc) is 2.42. The fourth-order valence-electron chi connectivity index (χ4n) is 3.05. The van der Waals surface area contributed by atoms with Crippen LogP contribution >= 0.6 is 0 Å². The predicted molar refractivity (Wildman–Crippen MR) is 74.4 cm³/mol. The monoisotopic (exact) mass is 303 g/mol. The van der Waals surface area contributed by atoms with Crippen LogP contribution in [0.1, 0.15) is 38.2 Å². The second kappa shape index (κ2) is 6.77. The first-order valence-electron chi connectivity index (χ1n) is 7.46. The molecule has 1 N–H and O–H groups in total. The smallest absolute Gasteiger partial charge is 0.248 e. The molecule has 21 heavy (non-hydrogen) atoms. The first-order chi connectivity index (χ1) is 9.91. The molecule has 0 spiro atoms. The molecule has 0 amide bonds. The molecule has 0 aromatic heterocycles. The van der Waals surface area contributed by atoms with Crippen LogP contribution in [0.5, 0.6) is 0 Å². The van der Waals surface area contributed by atoms with Gasteiger partial charge in [0, 0.05) is 18.9 Å². The van der Waals surface area contributed by atoms with Crippen LogP contribution < -0.4 is 5.32 Å². The quantitative estimate of drug-likeness (QED) is 0.799. The Hall–Kier alpha value is -1.10. The van der Waals surface area contributed by atoms with Crippen molar-refractivity contribution in [2.75, 3.05) is 6.54 Å². The van der Waals surface area contributed by atoms with Crippen molar-refractivity contribution in [2.45, 2.75) is 51.0 Å². The van der Waals surface area contributed by atoms with Crippen LogP contribution in [0.15, 0.2) is 18.2 Å². The van der Waals surface area contributed by atoms with Crippen molar-refractivity contribution in [1.82, 2.24) is 5.32 Å². The first kappa shape index (κ1) is 16.3. The van der Waals surface area contributed by atoms with Crippen molar-refractivity contribution < 1.29 is 17.6 Å². The van der Waals surface area contributed by atoms with Crippen LogP contribution in [-0.2, 0) is 6.42 Å². The highest BCUT2D eigenvalue weighted by Crippen LogP contribution is 2.38. The van der Waals surface area contributed by atoms with E-state index in [4.69, 9.17) is 0 Å². The van der Waals surface area contributed by atoms with Gasteiger partial charge in [-0.25, -0.2) is 17.6 Å². The molecule has 2 rings (SSSR count). The van der Waals surface area contributed by atoms with Crippen molar-refractivity contribution >= 4 is 0 Å². The summed E-state index contributed by atoms with van der Waals surface area (Å²) in [6.07, 6.45) is 1.29. The zero-order valence-corrected chi connectivity index (χ0v) is 12.1. The molecule has 1 nitrogen and oxygen atoms in total. The van der Waals surface area contributed by atoms with E-state index in [1.165, 1.54) is 6.07 Å².